The highest BCUT2D eigenvalue weighted by atomic mass is 16.2. The first-order valence-electron chi connectivity index (χ1n) is 27.0. The van der Waals surface area contributed by atoms with Crippen LogP contribution < -0.4 is 20.4 Å². The third-order valence-electron chi connectivity index (χ3n) is 18.0. The highest BCUT2D eigenvalue weighted by molar-refractivity contribution is 6.09. The molecule has 2 atom stereocenters. The molecule has 8 aliphatic rings. The van der Waals surface area contributed by atoms with E-state index in [1.165, 1.54) is 19.3 Å². The first kappa shape index (κ1) is 46.3. The van der Waals surface area contributed by atoms with Gasteiger partial charge in [-0.25, -0.2) is 9.97 Å². The molecule has 7 fully saturated rings. The van der Waals surface area contributed by atoms with Crippen LogP contribution in [0.15, 0.2) is 54.9 Å². The molecule has 8 heterocycles. The van der Waals surface area contributed by atoms with Gasteiger partial charge < -0.3 is 34.4 Å². The summed E-state index contributed by atoms with van der Waals surface area (Å²) in [5, 5.41) is 6.16. The average molecular weight is 963 g/mol. The van der Waals surface area contributed by atoms with Crippen molar-refractivity contribution in [1.29, 1.82) is 0 Å². The molecule has 15 nitrogen and oxygen atoms in total. The van der Waals surface area contributed by atoms with E-state index in [-0.39, 0.29) is 53.5 Å². The first-order valence-corrected chi connectivity index (χ1v) is 27.0. The Labute approximate surface area is 417 Å². The molecule has 0 radical (unpaired) electrons. The van der Waals surface area contributed by atoms with E-state index < -0.39 is 10.8 Å². The Balaban J connectivity index is 0.723. The van der Waals surface area contributed by atoms with Crippen LogP contribution in [0.2, 0.25) is 0 Å². The van der Waals surface area contributed by atoms with Crippen LogP contribution in [0.5, 0.6) is 0 Å². The van der Waals surface area contributed by atoms with Crippen LogP contribution in [0.25, 0.3) is 22.3 Å². The van der Waals surface area contributed by atoms with Crippen molar-refractivity contribution in [3.63, 3.8) is 0 Å². The molecular weight excluding hydrogens is 893 g/mol. The molecule has 1 spiro atoms. The number of amides is 5. The van der Waals surface area contributed by atoms with Crippen molar-refractivity contribution in [3.05, 3.63) is 66.0 Å². The Morgan fingerprint density at radius 2 is 1.54 bits per heavy atom. The molecule has 2 aliphatic carbocycles. The van der Waals surface area contributed by atoms with E-state index in [2.05, 4.69) is 68.0 Å². The summed E-state index contributed by atoms with van der Waals surface area (Å²) in [6, 6.07) is 18.0. The summed E-state index contributed by atoms with van der Waals surface area (Å²) < 4.78 is 2.20. The van der Waals surface area contributed by atoms with Gasteiger partial charge in [-0.1, -0.05) is 30.7 Å². The highest BCUT2D eigenvalue weighted by Crippen LogP contribution is 2.53. The summed E-state index contributed by atoms with van der Waals surface area (Å²) in [6.07, 6.45) is 14.1. The zero-order valence-electron chi connectivity index (χ0n) is 41.8. The number of nitrogens with zero attached hydrogens (tertiary/aromatic N) is 8. The molecule has 4 aromatic rings. The molecule has 2 aromatic carbocycles. The second kappa shape index (κ2) is 18.0. The predicted octanol–water partition coefficient (Wildman–Crippen LogP) is 7.15. The molecule has 15 heteroatoms. The summed E-state index contributed by atoms with van der Waals surface area (Å²) in [6.45, 7) is 12.2. The SMILES string of the molecule is CC(C)n1cnc2cc(-c3ccc4c(c3)N(C3CC(N5CCCCC5)C3)C(=O)C43CCN(C(=O)[C@]4(C)CCN(C(=O)C5CCN(c6ccc([C@@H]7CCC(=O)NC7=O)cc6)CC5)C4)CC3)nc(NC3CC3)c21. The number of nitrogens with one attached hydrogen (secondary N) is 2. The van der Waals surface area contributed by atoms with E-state index in [1.807, 2.05) is 47.3 Å². The minimum absolute atomic E-state index is 0.0901. The van der Waals surface area contributed by atoms with Crippen LogP contribution in [0.3, 0.4) is 0 Å². The molecule has 6 aliphatic heterocycles. The lowest BCUT2D eigenvalue weighted by molar-refractivity contribution is -0.145. The van der Waals surface area contributed by atoms with Gasteiger partial charge in [0.15, 0.2) is 5.82 Å². The number of pyridine rings is 1. The number of likely N-dealkylation sites (tertiary alicyclic amines) is 3. The fraction of sp³-hybridized carbons (Fsp3) is 0.589. The van der Waals surface area contributed by atoms with Crippen LogP contribution in [0.1, 0.15) is 134 Å². The zero-order valence-corrected chi connectivity index (χ0v) is 41.8. The van der Waals surface area contributed by atoms with E-state index in [0.29, 0.717) is 70.4 Å². The van der Waals surface area contributed by atoms with E-state index >= 15 is 4.79 Å². The van der Waals surface area contributed by atoms with Gasteiger partial charge in [-0.15, -0.1) is 0 Å². The standard InChI is InChI=1S/C56H70N10O5/c1-35(2)65-34-57-46-32-45(59-50(49(46)65)58-39-10-11-39)38-9-15-44-47(29-38)66(42-30-41(31-42)61-22-5-4-6-23-61)54(71)56(44)20-27-63(28-21-56)53(70)55(3)19-26-64(33-55)52(69)37-17-24-62(25-18-37)40-12-7-36(8-13-40)43-14-16-48(67)60-51(43)68/h7-9,12-13,15,29,32,34-35,37,39,41-43H,4-6,10-11,14,16-28,30-31,33H2,1-3H3,(H,58,59)(H,60,67,68)/t41?,42?,43-,55+/m0/s1. The number of carbonyl (C=O) groups excluding carboxylic acids is 5. The van der Waals surface area contributed by atoms with Gasteiger partial charge in [-0.3, -0.25) is 29.3 Å². The van der Waals surface area contributed by atoms with Gasteiger partial charge in [-0.2, -0.15) is 0 Å². The quantitative estimate of drug-likeness (QED) is 0.157. The minimum Gasteiger partial charge on any atom is -0.371 e. The van der Waals surface area contributed by atoms with E-state index in [9.17, 15) is 19.2 Å². The van der Waals surface area contributed by atoms with Crippen LogP contribution in [0.4, 0.5) is 17.2 Å². The number of hydrogen-bond donors (Lipinski definition) is 2. The Kier molecular flexibility index (Phi) is 11.7. The Morgan fingerprint density at radius 1 is 0.803 bits per heavy atom. The normalized spacial score (nSPS) is 27.2. The molecule has 5 saturated heterocycles. The lowest BCUT2D eigenvalue weighted by Gasteiger charge is -2.48. The summed E-state index contributed by atoms with van der Waals surface area (Å²) in [4.78, 5) is 89.2. The van der Waals surface area contributed by atoms with Crippen LogP contribution >= 0.6 is 0 Å². The van der Waals surface area contributed by atoms with Crippen LogP contribution in [-0.2, 0) is 29.4 Å². The molecule has 374 valence electrons. The second-order valence-electron chi connectivity index (χ2n) is 23.0. The third-order valence-corrected chi connectivity index (χ3v) is 18.0. The molecule has 2 saturated carbocycles. The summed E-state index contributed by atoms with van der Waals surface area (Å²) in [7, 11) is 0. The van der Waals surface area contributed by atoms with Crippen LogP contribution in [-0.4, -0.2) is 129 Å². The van der Waals surface area contributed by atoms with Gasteiger partial charge in [0.1, 0.15) is 5.52 Å². The number of carbonyl (C=O) groups is 5. The highest BCUT2D eigenvalue weighted by Gasteiger charge is 2.57. The topological polar surface area (TPSA) is 156 Å². The Hall–Kier alpha value is -5.83. The summed E-state index contributed by atoms with van der Waals surface area (Å²) in [5.41, 5.74) is 6.47. The van der Waals surface area contributed by atoms with Gasteiger partial charge in [0.05, 0.1) is 34.3 Å². The van der Waals surface area contributed by atoms with E-state index in [4.69, 9.17) is 9.97 Å². The van der Waals surface area contributed by atoms with Crippen molar-refractivity contribution >= 4 is 57.8 Å². The predicted molar refractivity (Wildman–Crippen MR) is 273 cm³/mol. The number of aromatic nitrogens is 3. The van der Waals surface area contributed by atoms with Crippen molar-refractivity contribution in [2.24, 2.45) is 11.3 Å². The monoisotopic (exact) mass is 963 g/mol. The van der Waals surface area contributed by atoms with Gasteiger partial charge in [0.2, 0.25) is 29.5 Å². The van der Waals surface area contributed by atoms with Crippen molar-refractivity contribution < 1.29 is 24.0 Å². The Morgan fingerprint density at radius 3 is 2.24 bits per heavy atom. The van der Waals surface area contributed by atoms with Crippen molar-refractivity contribution in [3.8, 4) is 11.3 Å². The molecule has 5 amide bonds. The third kappa shape index (κ3) is 8.27. The number of imide groups is 1. The number of benzene rings is 2. The lowest BCUT2D eigenvalue weighted by atomic mass is 9.72. The average Bonchev–Trinajstić information content (AvgIpc) is 3.84. The number of imidazole rings is 1. The van der Waals surface area contributed by atoms with Crippen LogP contribution in [0, 0.1) is 11.3 Å². The fourth-order valence-corrected chi connectivity index (χ4v) is 13.4. The largest absolute Gasteiger partial charge is 0.371 e. The maximum atomic E-state index is 15.3. The van der Waals surface area contributed by atoms with Gasteiger partial charge >= 0.3 is 0 Å². The molecular formula is C56H70N10O5. The van der Waals surface area contributed by atoms with Crippen molar-refractivity contribution in [2.45, 2.75) is 146 Å². The molecule has 12 rings (SSSR count). The molecule has 71 heavy (non-hydrogen) atoms. The van der Waals surface area contributed by atoms with E-state index in [0.717, 1.165) is 115 Å². The van der Waals surface area contributed by atoms with E-state index in [1.54, 1.807) is 0 Å². The number of hydrogen-bond acceptors (Lipinski definition) is 10. The van der Waals surface area contributed by atoms with Gasteiger partial charge in [0.25, 0.3) is 0 Å². The molecule has 2 N–H and O–H groups in total. The minimum atomic E-state index is -0.698. The summed E-state index contributed by atoms with van der Waals surface area (Å²) in [5.74, 6) is 0.455. The van der Waals surface area contributed by atoms with Gasteiger partial charge in [0, 0.05) is 92.7 Å². The maximum Gasteiger partial charge on any atom is 0.238 e. The smallest absolute Gasteiger partial charge is 0.238 e. The van der Waals surface area contributed by atoms with Gasteiger partial charge in [-0.05, 0) is 146 Å². The fourth-order valence-electron chi connectivity index (χ4n) is 13.4. The molecule has 0 unspecified atom stereocenters. The zero-order chi connectivity index (χ0) is 48.8. The number of piperidine rings is 4. The number of fused-ring (bicyclic) bond motifs is 3. The summed E-state index contributed by atoms with van der Waals surface area (Å²) >= 11 is 0. The second-order valence-corrected chi connectivity index (χ2v) is 23.0. The lowest BCUT2D eigenvalue weighted by Crippen LogP contribution is -2.59. The number of anilines is 3. The van der Waals surface area contributed by atoms with Crippen molar-refractivity contribution in [1.82, 2.24) is 34.6 Å². The number of rotatable bonds is 10. The van der Waals surface area contributed by atoms with Crippen molar-refractivity contribution in [2.75, 3.05) is 67.5 Å². The Bertz CT molecular complexity index is 2760. The maximum absolute atomic E-state index is 15.3. The first-order chi connectivity index (χ1) is 34.4. The molecule has 2 aromatic heterocycles. The molecule has 0 bridgehead atoms.